The largest absolute Gasteiger partial charge is 0.490 e. The Morgan fingerprint density at radius 1 is 1.26 bits per heavy atom. The van der Waals surface area contributed by atoms with E-state index in [1.54, 1.807) is 12.1 Å². The molecule has 0 saturated heterocycles. The second kappa shape index (κ2) is 10.5. The lowest BCUT2D eigenvalue weighted by Crippen LogP contribution is -2.25. The predicted octanol–water partition coefficient (Wildman–Crippen LogP) is 6.17. The van der Waals surface area contributed by atoms with Crippen LogP contribution in [0.5, 0.6) is 5.75 Å². The molecule has 2 aromatic carbocycles. The summed E-state index contributed by atoms with van der Waals surface area (Å²) in [6, 6.07) is 9.84. The third-order valence-electron chi connectivity index (χ3n) is 6.22. The van der Waals surface area contributed by atoms with Crippen molar-refractivity contribution in [2.45, 2.75) is 64.4 Å². The number of benzene rings is 2. The Morgan fingerprint density at radius 2 is 2.03 bits per heavy atom. The molecule has 0 bridgehead atoms. The molecule has 0 amide bonds. The number of ether oxygens (including phenoxy) is 1. The molecule has 0 radical (unpaired) electrons. The molecule has 1 atom stereocenters. The van der Waals surface area contributed by atoms with Gasteiger partial charge in [0, 0.05) is 28.1 Å². The molecule has 1 aliphatic carbocycles. The number of halogens is 1. The highest BCUT2D eigenvalue weighted by molar-refractivity contribution is 9.10. The number of non-ortho nitro benzene ring substituents is 1. The Morgan fingerprint density at radius 3 is 2.74 bits per heavy atom. The Hall–Kier alpha value is -3.07. The van der Waals surface area contributed by atoms with E-state index in [1.807, 2.05) is 26.0 Å². The molecule has 1 heterocycles. The monoisotopic (exact) mass is 526 g/mol. The number of aromatic nitrogens is 2. The molecule has 1 saturated carbocycles. The maximum atomic E-state index is 13.5. The van der Waals surface area contributed by atoms with Crippen molar-refractivity contribution >= 4 is 38.7 Å². The molecular weight excluding hydrogens is 500 g/mol. The standard InChI is InChI=1S/C25H27BrN4O4/c1-3-16(2)34-23-12-10-20(30(32)33)13-18(23)15-27-29-24(17-7-5-4-6-8-17)28-22-11-9-19(26)14-21(22)25(29)31/h9-17H,3-8H2,1-2H3/t16-/m0/s1. The first-order valence-electron chi connectivity index (χ1n) is 11.6. The third-order valence-corrected chi connectivity index (χ3v) is 6.72. The van der Waals surface area contributed by atoms with Crippen LogP contribution >= 0.6 is 15.9 Å². The highest BCUT2D eigenvalue weighted by atomic mass is 79.9. The zero-order valence-electron chi connectivity index (χ0n) is 19.2. The van der Waals surface area contributed by atoms with Gasteiger partial charge >= 0.3 is 0 Å². The van der Waals surface area contributed by atoms with Crippen LogP contribution in [0.2, 0.25) is 0 Å². The van der Waals surface area contributed by atoms with Gasteiger partial charge in [0.1, 0.15) is 11.6 Å². The average Bonchev–Trinajstić information content (AvgIpc) is 2.84. The van der Waals surface area contributed by atoms with Crippen LogP contribution in [-0.2, 0) is 0 Å². The Labute approximate surface area is 205 Å². The minimum atomic E-state index is -0.459. The van der Waals surface area contributed by atoms with Gasteiger partial charge < -0.3 is 4.74 Å². The predicted molar refractivity (Wildman–Crippen MR) is 136 cm³/mol. The first-order chi connectivity index (χ1) is 16.4. The number of fused-ring (bicyclic) bond motifs is 1. The van der Waals surface area contributed by atoms with Gasteiger partial charge in [-0.2, -0.15) is 9.78 Å². The topological polar surface area (TPSA) is 99.6 Å². The van der Waals surface area contributed by atoms with Gasteiger partial charge in [0.25, 0.3) is 11.2 Å². The van der Waals surface area contributed by atoms with Crippen molar-refractivity contribution in [3.05, 3.63) is 72.7 Å². The fraction of sp³-hybridized carbons (Fsp3) is 0.400. The molecule has 9 heteroatoms. The molecule has 0 N–H and O–H groups in total. The maximum Gasteiger partial charge on any atom is 0.282 e. The summed E-state index contributed by atoms with van der Waals surface area (Å²) in [7, 11) is 0. The summed E-state index contributed by atoms with van der Waals surface area (Å²) in [6.45, 7) is 3.93. The first-order valence-corrected chi connectivity index (χ1v) is 12.4. The van der Waals surface area contributed by atoms with Crippen LogP contribution in [0.15, 0.2) is 50.8 Å². The van der Waals surface area contributed by atoms with Gasteiger partial charge in [0.15, 0.2) is 0 Å². The van der Waals surface area contributed by atoms with E-state index < -0.39 is 4.92 Å². The minimum Gasteiger partial charge on any atom is -0.490 e. The molecule has 1 aromatic heterocycles. The summed E-state index contributed by atoms with van der Waals surface area (Å²) >= 11 is 3.43. The molecule has 0 aliphatic heterocycles. The number of hydrogen-bond acceptors (Lipinski definition) is 6. The van der Waals surface area contributed by atoms with E-state index in [2.05, 4.69) is 21.0 Å². The Balaban J connectivity index is 1.85. The Kier molecular flexibility index (Phi) is 7.41. The van der Waals surface area contributed by atoms with Gasteiger partial charge in [0.2, 0.25) is 0 Å². The second-order valence-corrected chi connectivity index (χ2v) is 9.56. The lowest BCUT2D eigenvalue weighted by atomic mass is 9.88. The summed E-state index contributed by atoms with van der Waals surface area (Å²) in [6.07, 6.45) is 7.40. The average molecular weight is 527 g/mol. The van der Waals surface area contributed by atoms with Crippen molar-refractivity contribution in [2.75, 3.05) is 0 Å². The lowest BCUT2D eigenvalue weighted by molar-refractivity contribution is -0.384. The summed E-state index contributed by atoms with van der Waals surface area (Å²) in [5, 5.41) is 16.3. The van der Waals surface area contributed by atoms with Crippen LogP contribution in [0, 0.1) is 10.1 Å². The highest BCUT2D eigenvalue weighted by Gasteiger charge is 2.23. The molecule has 8 nitrogen and oxygen atoms in total. The van der Waals surface area contributed by atoms with E-state index in [0.717, 1.165) is 36.6 Å². The molecule has 3 aromatic rings. The van der Waals surface area contributed by atoms with E-state index >= 15 is 0 Å². The first kappa shape index (κ1) is 24.1. The number of hydrogen-bond donors (Lipinski definition) is 0. The van der Waals surface area contributed by atoms with Crippen LogP contribution in [0.4, 0.5) is 5.69 Å². The zero-order chi connectivity index (χ0) is 24.2. The highest BCUT2D eigenvalue weighted by Crippen LogP contribution is 2.32. The molecule has 0 unspecified atom stereocenters. The Bertz CT molecular complexity index is 1300. The molecule has 1 aliphatic rings. The smallest absolute Gasteiger partial charge is 0.282 e. The van der Waals surface area contributed by atoms with Gasteiger partial charge in [-0.3, -0.25) is 14.9 Å². The molecule has 4 rings (SSSR count). The van der Waals surface area contributed by atoms with E-state index in [0.29, 0.717) is 28.0 Å². The van der Waals surface area contributed by atoms with E-state index in [-0.39, 0.29) is 23.3 Å². The van der Waals surface area contributed by atoms with Crippen LogP contribution in [0.3, 0.4) is 0 Å². The van der Waals surface area contributed by atoms with E-state index in [9.17, 15) is 14.9 Å². The third kappa shape index (κ3) is 5.19. The zero-order valence-corrected chi connectivity index (χ0v) is 20.8. The van der Waals surface area contributed by atoms with Crippen LogP contribution in [0.25, 0.3) is 10.9 Å². The number of nitro groups is 1. The van der Waals surface area contributed by atoms with Gasteiger partial charge in [-0.05, 0) is 50.5 Å². The van der Waals surface area contributed by atoms with Gasteiger partial charge in [-0.1, -0.05) is 42.1 Å². The van der Waals surface area contributed by atoms with Crippen LogP contribution in [-0.4, -0.2) is 26.9 Å². The van der Waals surface area contributed by atoms with Crippen LogP contribution in [0.1, 0.15) is 69.7 Å². The normalized spacial score (nSPS) is 15.6. The van der Waals surface area contributed by atoms with Crippen molar-refractivity contribution in [3.8, 4) is 5.75 Å². The fourth-order valence-electron chi connectivity index (χ4n) is 4.18. The fourth-order valence-corrected chi connectivity index (χ4v) is 4.54. The van der Waals surface area contributed by atoms with Gasteiger partial charge in [0.05, 0.1) is 28.1 Å². The van der Waals surface area contributed by atoms with E-state index in [1.165, 1.54) is 29.4 Å². The molecular formula is C25H27BrN4O4. The van der Waals surface area contributed by atoms with Crippen molar-refractivity contribution < 1.29 is 9.66 Å². The minimum absolute atomic E-state index is 0.0710. The van der Waals surface area contributed by atoms with Gasteiger partial charge in [-0.25, -0.2) is 4.98 Å². The quantitative estimate of drug-likeness (QED) is 0.208. The van der Waals surface area contributed by atoms with E-state index in [4.69, 9.17) is 9.72 Å². The van der Waals surface area contributed by atoms with Gasteiger partial charge in [-0.15, -0.1) is 0 Å². The number of nitrogens with zero attached hydrogens (tertiary/aromatic N) is 4. The van der Waals surface area contributed by atoms with Crippen molar-refractivity contribution in [1.29, 1.82) is 0 Å². The van der Waals surface area contributed by atoms with Crippen molar-refractivity contribution in [1.82, 2.24) is 9.66 Å². The number of nitro benzene ring substituents is 1. The summed E-state index contributed by atoms with van der Waals surface area (Å²) < 4.78 is 8.10. The summed E-state index contributed by atoms with van der Waals surface area (Å²) in [5.74, 6) is 1.24. The molecule has 34 heavy (non-hydrogen) atoms. The number of rotatable bonds is 7. The SMILES string of the molecule is CC[C@H](C)Oc1ccc([N+](=O)[O-])cc1C=Nn1c(C2CCCCC2)nc2ccc(Br)cc2c1=O. The molecule has 1 fully saturated rings. The molecule has 178 valence electrons. The lowest BCUT2D eigenvalue weighted by Gasteiger charge is -2.22. The maximum absolute atomic E-state index is 13.5. The van der Waals surface area contributed by atoms with Crippen molar-refractivity contribution in [2.24, 2.45) is 5.10 Å². The van der Waals surface area contributed by atoms with Crippen LogP contribution < -0.4 is 10.3 Å². The summed E-state index contributed by atoms with van der Waals surface area (Å²) in [4.78, 5) is 29.2. The van der Waals surface area contributed by atoms with Crippen molar-refractivity contribution in [3.63, 3.8) is 0 Å². The molecule has 0 spiro atoms. The summed E-state index contributed by atoms with van der Waals surface area (Å²) in [5.41, 5.74) is 0.734. The second-order valence-electron chi connectivity index (χ2n) is 8.64.